The van der Waals surface area contributed by atoms with Gasteiger partial charge in [0.15, 0.2) is 5.58 Å². The van der Waals surface area contributed by atoms with Crippen molar-refractivity contribution >= 4 is 11.1 Å². The van der Waals surface area contributed by atoms with Gasteiger partial charge in [-0.25, -0.2) is 13.6 Å². The highest BCUT2D eigenvalue weighted by molar-refractivity contribution is 5.78. The van der Waals surface area contributed by atoms with Crippen LogP contribution in [0.2, 0.25) is 0 Å². The fourth-order valence-corrected chi connectivity index (χ4v) is 2.41. The highest BCUT2D eigenvalue weighted by atomic mass is 19.1. The molecular weight excluding hydrogens is 320 g/mol. The molecule has 4 aromatic rings. The highest BCUT2D eigenvalue weighted by Crippen LogP contribution is 2.25. The zero-order chi connectivity index (χ0) is 16.8. The Hall–Kier alpha value is -3.29. The second-order valence-corrected chi connectivity index (χ2v) is 5.19. The van der Waals surface area contributed by atoms with Crippen molar-refractivity contribution < 1.29 is 17.7 Å². The van der Waals surface area contributed by atoms with Crippen LogP contribution in [0.15, 0.2) is 50.1 Å². The highest BCUT2D eigenvalue weighted by Gasteiger charge is 2.14. The van der Waals surface area contributed by atoms with Crippen LogP contribution in [-0.2, 0) is 7.05 Å². The van der Waals surface area contributed by atoms with Crippen molar-refractivity contribution in [3.05, 3.63) is 58.6 Å². The summed E-state index contributed by atoms with van der Waals surface area (Å²) in [6, 6.07) is 7.93. The minimum absolute atomic E-state index is 0.0157. The first-order valence-electron chi connectivity index (χ1n) is 6.91. The lowest BCUT2D eigenvalue weighted by Crippen LogP contribution is -2.08. The molecular formula is C16H9F2N3O3. The Morgan fingerprint density at radius 2 is 1.79 bits per heavy atom. The van der Waals surface area contributed by atoms with Crippen LogP contribution in [0.1, 0.15) is 0 Å². The van der Waals surface area contributed by atoms with E-state index < -0.39 is 17.4 Å². The minimum atomic E-state index is -0.739. The molecule has 0 aliphatic carbocycles. The maximum atomic E-state index is 13.3. The number of aryl methyl sites for hydroxylation is 1. The van der Waals surface area contributed by atoms with E-state index in [1.165, 1.54) is 4.57 Å². The number of oxazole rings is 1. The van der Waals surface area contributed by atoms with E-state index in [1.54, 1.807) is 25.2 Å². The first kappa shape index (κ1) is 14.3. The van der Waals surface area contributed by atoms with Crippen LogP contribution >= 0.6 is 0 Å². The summed E-state index contributed by atoms with van der Waals surface area (Å²) >= 11 is 0. The van der Waals surface area contributed by atoms with Crippen molar-refractivity contribution in [2.45, 2.75) is 0 Å². The molecule has 0 aliphatic rings. The van der Waals surface area contributed by atoms with E-state index >= 15 is 0 Å². The fraction of sp³-hybridized carbons (Fsp3) is 0.0625. The van der Waals surface area contributed by atoms with Crippen LogP contribution in [-0.4, -0.2) is 14.7 Å². The lowest BCUT2D eigenvalue weighted by Gasteiger charge is -1.96. The predicted molar refractivity (Wildman–Crippen MR) is 80.1 cm³/mol. The molecule has 24 heavy (non-hydrogen) atoms. The minimum Gasteiger partial charge on any atom is -0.408 e. The number of hydrogen-bond acceptors (Lipinski definition) is 5. The standard InChI is InChI=1S/C16H9F2N3O3/c1-21-12-3-2-8(6-13(12)23-16(21)22)14-19-15(24-20-14)9-4-10(17)7-11(18)5-9/h2-7H,1H3. The van der Waals surface area contributed by atoms with E-state index in [9.17, 15) is 13.6 Å². The summed E-state index contributed by atoms with van der Waals surface area (Å²) in [5.41, 5.74) is 1.69. The molecule has 0 amide bonds. The number of nitrogens with zero attached hydrogens (tertiary/aromatic N) is 3. The second kappa shape index (κ2) is 5.12. The van der Waals surface area contributed by atoms with Crippen molar-refractivity contribution in [1.82, 2.24) is 14.7 Å². The monoisotopic (exact) mass is 329 g/mol. The lowest BCUT2D eigenvalue weighted by atomic mass is 10.2. The summed E-state index contributed by atoms with van der Waals surface area (Å²) in [4.78, 5) is 15.6. The van der Waals surface area contributed by atoms with Gasteiger partial charge < -0.3 is 8.94 Å². The Labute approximate surface area is 132 Å². The van der Waals surface area contributed by atoms with Crippen molar-refractivity contribution in [3.63, 3.8) is 0 Å². The third-order valence-corrected chi connectivity index (χ3v) is 3.59. The zero-order valence-electron chi connectivity index (χ0n) is 12.3. The molecule has 8 heteroatoms. The van der Waals surface area contributed by atoms with E-state index in [-0.39, 0.29) is 17.3 Å². The molecule has 4 rings (SSSR count). The topological polar surface area (TPSA) is 74.1 Å². The van der Waals surface area contributed by atoms with E-state index in [0.717, 1.165) is 18.2 Å². The van der Waals surface area contributed by atoms with E-state index in [1.807, 2.05) is 0 Å². The number of rotatable bonds is 2. The Bertz CT molecular complexity index is 1110. The molecule has 0 aliphatic heterocycles. The quantitative estimate of drug-likeness (QED) is 0.565. The van der Waals surface area contributed by atoms with Gasteiger partial charge in [0.25, 0.3) is 5.89 Å². The molecule has 0 saturated carbocycles. The molecule has 6 nitrogen and oxygen atoms in total. The van der Waals surface area contributed by atoms with Gasteiger partial charge in [0, 0.05) is 24.2 Å². The van der Waals surface area contributed by atoms with Gasteiger partial charge in [-0.3, -0.25) is 4.57 Å². The lowest BCUT2D eigenvalue weighted by molar-refractivity contribution is 0.431. The van der Waals surface area contributed by atoms with Crippen molar-refractivity contribution in [2.24, 2.45) is 7.05 Å². The van der Waals surface area contributed by atoms with Gasteiger partial charge in [-0.05, 0) is 30.3 Å². The van der Waals surface area contributed by atoms with Crippen LogP contribution in [0.25, 0.3) is 33.9 Å². The normalized spacial score (nSPS) is 11.3. The summed E-state index contributed by atoms with van der Waals surface area (Å²) in [5, 5.41) is 3.80. The molecule has 0 N–H and O–H groups in total. The zero-order valence-corrected chi connectivity index (χ0v) is 12.3. The van der Waals surface area contributed by atoms with E-state index in [2.05, 4.69) is 10.1 Å². The maximum Gasteiger partial charge on any atom is 0.419 e. The van der Waals surface area contributed by atoms with Gasteiger partial charge >= 0.3 is 5.76 Å². The maximum absolute atomic E-state index is 13.3. The van der Waals surface area contributed by atoms with Crippen LogP contribution in [0.5, 0.6) is 0 Å². The van der Waals surface area contributed by atoms with Gasteiger partial charge in [-0.15, -0.1) is 0 Å². The SMILES string of the molecule is Cn1c(=O)oc2cc(-c3noc(-c4cc(F)cc(F)c4)n3)ccc21. The van der Waals surface area contributed by atoms with Crippen molar-refractivity contribution in [3.8, 4) is 22.8 Å². The summed E-state index contributed by atoms with van der Waals surface area (Å²) in [6.45, 7) is 0. The van der Waals surface area contributed by atoms with Crippen molar-refractivity contribution in [1.29, 1.82) is 0 Å². The number of hydrogen-bond donors (Lipinski definition) is 0. The van der Waals surface area contributed by atoms with Crippen LogP contribution < -0.4 is 5.76 Å². The van der Waals surface area contributed by atoms with Gasteiger partial charge in [-0.2, -0.15) is 4.98 Å². The molecule has 0 bridgehead atoms. The van der Waals surface area contributed by atoms with E-state index in [4.69, 9.17) is 8.94 Å². The Balaban J connectivity index is 1.78. The number of aromatic nitrogens is 3. The molecule has 2 heterocycles. The molecule has 0 fully saturated rings. The van der Waals surface area contributed by atoms with Crippen LogP contribution in [0, 0.1) is 11.6 Å². The van der Waals surface area contributed by atoms with Gasteiger partial charge in [-0.1, -0.05) is 5.16 Å². The average Bonchev–Trinajstić information content (AvgIpc) is 3.12. The molecule has 0 unspecified atom stereocenters. The summed E-state index contributed by atoms with van der Waals surface area (Å²) in [7, 11) is 1.60. The Kier molecular flexibility index (Phi) is 3.05. The Morgan fingerprint density at radius 1 is 1.04 bits per heavy atom. The second-order valence-electron chi connectivity index (χ2n) is 5.19. The number of benzene rings is 2. The molecule has 2 aromatic carbocycles. The molecule has 0 saturated heterocycles. The molecule has 120 valence electrons. The smallest absolute Gasteiger partial charge is 0.408 e. The molecule has 0 radical (unpaired) electrons. The summed E-state index contributed by atoms with van der Waals surface area (Å²) < 4.78 is 38.1. The molecule has 2 aromatic heterocycles. The number of halogens is 2. The van der Waals surface area contributed by atoms with Gasteiger partial charge in [0.2, 0.25) is 5.82 Å². The molecule has 0 atom stereocenters. The summed E-state index contributed by atoms with van der Waals surface area (Å²) in [6.07, 6.45) is 0. The third kappa shape index (κ3) is 2.28. The molecule has 0 spiro atoms. The van der Waals surface area contributed by atoms with Gasteiger partial charge in [0.05, 0.1) is 5.52 Å². The third-order valence-electron chi connectivity index (χ3n) is 3.59. The van der Waals surface area contributed by atoms with Crippen LogP contribution in [0.3, 0.4) is 0 Å². The van der Waals surface area contributed by atoms with Crippen molar-refractivity contribution in [2.75, 3.05) is 0 Å². The van der Waals surface area contributed by atoms with Gasteiger partial charge in [0.1, 0.15) is 11.6 Å². The van der Waals surface area contributed by atoms with Crippen LogP contribution in [0.4, 0.5) is 8.78 Å². The van der Waals surface area contributed by atoms with E-state index in [0.29, 0.717) is 16.7 Å². The summed E-state index contributed by atoms with van der Waals surface area (Å²) in [5.74, 6) is -1.76. The average molecular weight is 329 g/mol. The predicted octanol–water partition coefficient (Wildman–Crippen LogP) is 3.13. The first-order chi connectivity index (χ1) is 11.5. The number of fused-ring (bicyclic) bond motifs is 1. The Morgan fingerprint density at radius 3 is 2.54 bits per heavy atom. The first-order valence-corrected chi connectivity index (χ1v) is 6.91. The fourth-order valence-electron chi connectivity index (χ4n) is 2.41. The largest absolute Gasteiger partial charge is 0.419 e.